The molecule has 0 aliphatic carbocycles. The second-order valence-electron chi connectivity index (χ2n) is 6.49. The van der Waals surface area contributed by atoms with Crippen LogP contribution in [-0.4, -0.2) is 51.3 Å². The van der Waals surface area contributed by atoms with Crippen LogP contribution in [0, 0.1) is 5.92 Å². The maximum absolute atomic E-state index is 11.9. The van der Waals surface area contributed by atoms with Gasteiger partial charge in [0.05, 0.1) is 0 Å². The molecule has 0 aliphatic heterocycles. The summed E-state index contributed by atoms with van der Waals surface area (Å²) in [5.74, 6) is 1.34. The highest BCUT2D eigenvalue weighted by molar-refractivity contribution is 14.0. The summed E-state index contributed by atoms with van der Waals surface area (Å²) < 4.78 is 5.57. The van der Waals surface area contributed by atoms with E-state index in [1.165, 1.54) is 0 Å². The molecule has 3 N–H and O–H groups in total. The highest BCUT2D eigenvalue weighted by Crippen LogP contribution is 1.97. The van der Waals surface area contributed by atoms with Crippen molar-refractivity contribution >= 4 is 35.8 Å². The molecule has 7 heteroatoms. The molecule has 27 heavy (non-hydrogen) atoms. The molecule has 0 atom stereocenters. The van der Waals surface area contributed by atoms with Crippen molar-refractivity contribution in [1.29, 1.82) is 0 Å². The number of ether oxygens (including phenoxy) is 1. The van der Waals surface area contributed by atoms with Crippen LogP contribution in [0.2, 0.25) is 0 Å². The third-order valence-corrected chi connectivity index (χ3v) is 3.48. The number of benzene rings is 1. The first-order valence-corrected chi connectivity index (χ1v) is 9.56. The first kappa shape index (κ1) is 25.6. The van der Waals surface area contributed by atoms with E-state index >= 15 is 0 Å². The van der Waals surface area contributed by atoms with Gasteiger partial charge in [-0.2, -0.15) is 0 Å². The van der Waals surface area contributed by atoms with Gasteiger partial charge in [-0.3, -0.25) is 9.79 Å². The van der Waals surface area contributed by atoms with Gasteiger partial charge >= 0.3 is 0 Å². The molecule has 0 unspecified atom stereocenters. The fraction of sp³-hybridized carbons (Fsp3) is 0.600. The number of carbonyl (C=O) groups is 1. The lowest BCUT2D eigenvalue weighted by Crippen LogP contribution is -2.38. The second-order valence-corrected chi connectivity index (χ2v) is 6.49. The molecule has 0 bridgehead atoms. The van der Waals surface area contributed by atoms with Gasteiger partial charge in [0.1, 0.15) is 0 Å². The van der Waals surface area contributed by atoms with Crippen LogP contribution >= 0.6 is 24.0 Å². The molecule has 0 spiro atoms. The number of halogens is 1. The molecular formula is C20H35IN4O2. The van der Waals surface area contributed by atoms with Gasteiger partial charge in [-0.1, -0.05) is 32.0 Å². The lowest BCUT2D eigenvalue weighted by Gasteiger charge is -2.12. The minimum absolute atomic E-state index is 0. The lowest BCUT2D eigenvalue weighted by molar-refractivity contribution is 0.0953. The summed E-state index contributed by atoms with van der Waals surface area (Å²) in [4.78, 5) is 16.5. The van der Waals surface area contributed by atoms with Crippen molar-refractivity contribution in [3.05, 3.63) is 35.9 Å². The zero-order chi connectivity index (χ0) is 19.0. The molecule has 0 fully saturated rings. The van der Waals surface area contributed by atoms with Crippen LogP contribution in [0.3, 0.4) is 0 Å². The van der Waals surface area contributed by atoms with Crippen LogP contribution in [0.25, 0.3) is 0 Å². The number of aliphatic imine (C=N–C) groups is 1. The summed E-state index contributed by atoms with van der Waals surface area (Å²) in [6, 6.07) is 9.25. The molecule has 6 nitrogen and oxygen atoms in total. The summed E-state index contributed by atoms with van der Waals surface area (Å²) >= 11 is 0. The standard InChI is InChI=1S/C20H34N4O2.HI/c1-4-21-20(24-14-9-15-26-16-17(2)3)23-13-8-12-22-19(25)18-10-6-5-7-11-18;/h5-7,10-11,17H,4,8-9,12-16H2,1-3H3,(H,22,25)(H2,21,23,24);1H. The fourth-order valence-corrected chi connectivity index (χ4v) is 2.21. The van der Waals surface area contributed by atoms with Crippen molar-refractivity contribution in [1.82, 2.24) is 16.0 Å². The second kappa shape index (κ2) is 16.8. The number of amides is 1. The van der Waals surface area contributed by atoms with E-state index in [0.29, 0.717) is 24.6 Å². The zero-order valence-corrected chi connectivity index (χ0v) is 19.1. The Bertz CT molecular complexity index is 524. The van der Waals surface area contributed by atoms with Crippen LogP contribution in [0.15, 0.2) is 35.3 Å². The van der Waals surface area contributed by atoms with E-state index in [1.807, 2.05) is 37.3 Å². The molecule has 1 rings (SSSR count). The summed E-state index contributed by atoms with van der Waals surface area (Å²) in [5.41, 5.74) is 0.686. The molecule has 1 aromatic carbocycles. The Morgan fingerprint density at radius 3 is 2.44 bits per heavy atom. The van der Waals surface area contributed by atoms with Crippen LogP contribution < -0.4 is 16.0 Å². The number of rotatable bonds is 12. The van der Waals surface area contributed by atoms with E-state index in [4.69, 9.17) is 4.74 Å². The van der Waals surface area contributed by atoms with E-state index in [0.717, 1.165) is 45.1 Å². The Morgan fingerprint density at radius 2 is 1.78 bits per heavy atom. The first-order chi connectivity index (χ1) is 12.6. The lowest BCUT2D eigenvalue weighted by atomic mass is 10.2. The van der Waals surface area contributed by atoms with Crippen molar-refractivity contribution < 1.29 is 9.53 Å². The summed E-state index contributed by atoms with van der Waals surface area (Å²) in [5, 5.41) is 9.45. The maximum Gasteiger partial charge on any atom is 0.251 e. The topological polar surface area (TPSA) is 74.8 Å². The van der Waals surface area contributed by atoms with E-state index < -0.39 is 0 Å². The number of hydrogen-bond donors (Lipinski definition) is 3. The van der Waals surface area contributed by atoms with Crippen LogP contribution in [0.1, 0.15) is 44.0 Å². The molecular weight excluding hydrogens is 455 g/mol. The van der Waals surface area contributed by atoms with Crippen molar-refractivity contribution in [3.8, 4) is 0 Å². The number of guanidine groups is 1. The number of hydrogen-bond acceptors (Lipinski definition) is 3. The maximum atomic E-state index is 11.9. The largest absolute Gasteiger partial charge is 0.381 e. The summed E-state index contributed by atoms with van der Waals surface area (Å²) in [6.45, 7) is 10.8. The van der Waals surface area contributed by atoms with Crippen LogP contribution in [0.4, 0.5) is 0 Å². The molecule has 0 saturated heterocycles. The van der Waals surface area contributed by atoms with E-state index in [1.54, 1.807) is 0 Å². The third kappa shape index (κ3) is 13.5. The fourth-order valence-electron chi connectivity index (χ4n) is 2.21. The van der Waals surface area contributed by atoms with Gasteiger partial charge in [-0.05, 0) is 37.8 Å². The van der Waals surface area contributed by atoms with Crippen molar-refractivity contribution in [3.63, 3.8) is 0 Å². The van der Waals surface area contributed by atoms with Gasteiger partial charge in [0, 0.05) is 45.0 Å². The number of nitrogens with one attached hydrogen (secondary N) is 3. The van der Waals surface area contributed by atoms with Gasteiger partial charge in [-0.15, -0.1) is 24.0 Å². The molecule has 0 radical (unpaired) electrons. The predicted octanol–water partition coefficient (Wildman–Crippen LogP) is 3.04. The van der Waals surface area contributed by atoms with Crippen molar-refractivity contribution in [2.75, 3.05) is 39.4 Å². The van der Waals surface area contributed by atoms with Crippen LogP contribution in [-0.2, 0) is 4.74 Å². The minimum Gasteiger partial charge on any atom is -0.381 e. The van der Waals surface area contributed by atoms with E-state index in [9.17, 15) is 4.79 Å². The SMILES string of the molecule is CCNC(=NCCCNC(=O)c1ccccc1)NCCCOCC(C)C.I. The van der Waals surface area contributed by atoms with Gasteiger partial charge in [0.25, 0.3) is 5.91 Å². The van der Waals surface area contributed by atoms with Crippen molar-refractivity contribution in [2.24, 2.45) is 10.9 Å². The average Bonchev–Trinajstić information content (AvgIpc) is 2.64. The first-order valence-electron chi connectivity index (χ1n) is 9.56. The van der Waals surface area contributed by atoms with Crippen molar-refractivity contribution in [2.45, 2.75) is 33.6 Å². The Balaban J connectivity index is 0.00000676. The zero-order valence-electron chi connectivity index (χ0n) is 16.8. The quantitative estimate of drug-likeness (QED) is 0.182. The highest BCUT2D eigenvalue weighted by Gasteiger charge is 2.03. The number of nitrogens with zero attached hydrogens (tertiary/aromatic N) is 1. The number of carbonyl (C=O) groups excluding carboxylic acids is 1. The Hall–Kier alpha value is -1.35. The molecule has 1 amide bonds. The summed E-state index contributed by atoms with van der Waals surface area (Å²) in [7, 11) is 0. The molecule has 154 valence electrons. The van der Waals surface area contributed by atoms with E-state index in [-0.39, 0.29) is 29.9 Å². The highest BCUT2D eigenvalue weighted by atomic mass is 127. The monoisotopic (exact) mass is 490 g/mol. The Morgan fingerprint density at radius 1 is 1.07 bits per heavy atom. The molecule has 0 aliphatic rings. The van der Waals surface area contributed by atoms with Gasteiger partial charge in [0.2, 0.25) is 0 Å². The average molecular weight is 490 g/mol. The smallest absolute Gasteiger partial charge is 0.251 e. The van der Waals surface area contributed by atoms with Gasteiger partial charge in [-0.25, -0.2) is 0 Å². The third-order valence-electron chi connectivity index (χ3n) is 3.48. The molecule has 1 aromatic rings. The summed E-state index contributed by atoms with van der Waals surface area (Å²) in [6.07, 6.45) is 1.75. The molecule has 0 aromatic heterocycles. The Labute approximate surface area is 181 Å². The molecule has 0 saturated carbocycles. The normalized spacial score (nSPS) is 11.0. The Kier molecular flexibility index (Phi) is 16.0. The van der Waals surface area contributed by atoms with Gasteiger partial charge in [0.15, 0.2) is 5.96 Å². The van der Waals surface area contributed by atoms with Crippen LogP contribution in [0.5, 0.6) is 0 Å². The predicted molar refractivity (Wildman–Crippen MR) is 123 cm³/mol. The van der Waals surface area contributed by atoms with E-state index in [2.05, 4.69) is 34.8 Å². The minimum atomic E-state index is -0.0407. The van der Waals surface area contributed by atoms with Gasteiger partial charge < -0.3 is 20.7 Å². The molecule has 0 heterocycles.